The third kappa shape index (κ3) is 9.08. The van der Waals surface area contributed by atoms with Crippen LogP contribution in [0.15, 0.2) is 40.0 Å². The molecule has 45 heavy (non-hydrogen) atoms. The lowest BCUT2D eigenvalue weighted by molar-refractivity contribution is -0.122. The van der Waals surface area contributed by atoms with Gasteiger partial charge in [0, 0.05) is 51.4 Å². The Balaban J connectivity index is 1.46. The van der Waals surface area contributed by atoms with Gasteiger partial charge < -0.3 is 4.90 Å². The Hall–Kier alpha value is -2.93. The summed E-state index contributed by atoms with van der Waals surface area (Å²) in [6, 6.07) is 12.6. The molecule has 2 aliphatic rings. The molecule has 2 aliphatic heterocycles. The summed E-state index contributed by atoms with van der Waals surface area (Å²) in [5, 5.41) is 9.93. The summed E-state index contributed by atoms with van der Waals surface area (Å²) in [5.41, 5.74) is 2.53. The highest BCUT2D eigenvalue weighted by Gasteiger charge is 2.33. The molecule has 1 amide bonds. The van der Waals surface area contributed by atoms with Crippen molar-refractivity contribution in [2.24, 2.45) is 0 Å². The first kappa shape index (κ1) is 34.9. The zero-order chi connectivity index (χ0) is 32.2. The Morgan fingerprint density at radius 2 is 1.53 bits per heavy atom. The first-order valence-electron chi connectivity index (χ1n) is 16.8. The van der Waals surface area contributed by atoms with Crippen LogP contribution in [-0.4, -0.2) is 57.3 Å². The van der Waals surface area contributed by atoms with Crippen molar-refractivity contribution in [2.45, 2.75) is 98.1 Å². The number of thioether (sulfide) groups is 1. The van der Waals surface area contributed by atoms with Gasteiger partial charge in [-0.2, -0.15) is 5.26 Å². The number of hydrogen-bond donors (Lipinski definition) is 0. The molecule has 2 aromatic rings. The number of nitriles is 1. The number of piperazine rings is 1. The molecule has 3 heterocycles. The molecule has 7 nitrogen and oxygen atoms in total. The normalized spacial score (nSPS) is 16.6. The van der Waals surface area contributed by atoms with E-state index in [9.17, 15) is 14.9 Å². The van der Waals surface area contributed by atoms with E-state index in [0.717, 1.165) is 56.9 Å². The summed E-state index contributed by atoms with van der Waals surface area (Å²) >= 11 is 6.99. The van der Waals surface area contributed by atoms with Gasteiger partial charge in [0.25, 0.3) is 11.5 Å². The lowest BCUT2D eigenvalue weighted by Gasteiger charge is -2.38. The van der Waals surface area contributed by atoms with Crippen LogP contribution in [0, 0.1) is 18.3 Å². The van der Waals surface area contributed by atoms with Crippen LogP contribution in [0.5, 0.6) is 0 Å². The maximum atomic E-state index is 13.6. The van der Waals surface area contributed by atoms with Gasteiger partial charge in [0.05, 0.1) is 4.91 Å². The van der Waals surface area contributed by atoms with Gasteiger partial charge in [-0.1, -0.05) is 119 Å². The fourth-order valence-electron chi connectivity index (χ4n) is 6.32. The zero-order valence-electron chi connectivity index (χ0n) is 27.4. The van der Waals surface area contributed by atoms with E-state index in [1.165, 1.54) is 68.7 Å². The summed E-state index contributed by atoms with van der Waals surface area (Å²) < 4.78 is 2.29. The second-order valence-electron chi connectivity index (χ2n) is 12.2. The number of anilines is 1. The molecular formula is C36H49N5O2S2. The van der Waals surface area contributed by atoms with Gasteiger partial charge >= 0.3 is 0 Å². The fraction of sp³-hybridized carbons (Fsp3) is 0.556. The SMILES string of the molecule is CCCCCCCCCCCCN1C(=O)/C(=C/c2c(C)c(C#N)c(=O)n(CC)c2N2CCN(Cc3ccccc3)CC2)SC1=S. The molecule has 0 atom stereocenters. The molecule has 4 rings (SSSR count). The van der Waals surface area contributed by atoms with E-state index in [0.29, 0.717) is 27.9 Å². The van der Waals surface area contributed by atoms with E-state index in [-0.39, 0.29) is 17.0 Å². The van der Waals surface area contributed by atoms with Gasteiger partial charge in [-0.05, 0) is 37.5 Å². The average Bonchev–Trinajstić information content (AvgIpc) is 3.31. The van der Waals surface area contributed by atoms with Crippen LogP contribution in [0.2, 0.25) is 0 Å². The predicted molar refractivity (Wildman–Crippen MR) is 191 cm³/mol. The average molecular weight is 648 g/mol. The lowest BCUT2D eigenvalue weighted by atomic mass is 10.0. The number of nitrogens with zero attached hydrogens (tertiary/aromatic N) is 5. The third-order valence-corrected chi connectivity index (χ3v) is 10.3. The number of amides is 1. The Bertz CT molecular complexity index is 1440. The van der Waals surface area contributed by atoms with E-state index in [1.807, 2.05) is 26.0 Å². The van der Waals surface area contributed by atoms with Crippen molar-refractivity contribution in [1.29, 1.82) is 5.26 Å². The van der Waals surface area contributed by atoms with Crippen LogP contribution < -0.4 is 10.5 Å². The van der Waals surface area contributed by atoms with Gasteiger partial charge in [-0.3, -0.25) is 24.0 Å². The minimum Gasteiger partial charge on any atom is -0.355 e. The number of thiocarbonyl (C=S) groups is 1. The highest BCUT2D eigenvalue weighted by molar-refractivity contribution is 8.26. The van der Waals surface area contributed by atoms with E-state index >= 15 is 0 Å². The number of hydrogen-bond acceptors (Lipinski definition) is 7. The Labute approximate surface area is 279 Å². The number of carbonyl (C=O) groups is 1. The van der Waals surface area contributed by atoms with E-state index in [4.69, 9.17) is 12.2 Å². The second-order valence-corrected chi connectivity index (χ2v) is 13.8. The number of unbranched alkanes of at least 4 members (excludes halogenated alkanes) is 9. The van der Waals surface area contributed by atoms with Gasteiger partial charge in [-0.25, -0.2) is 0 Å². The van der Waals surface area contributed by atoms with E-state index in [2.05, 4.69) is 47.1 Å². The minimum absolute atomic E-state index is 0.0771. The van der Waals surface area contributed by atoms with Crippen LogP contribution in [0.1, 0.15) is 100 Å². The molecule has 9 heteroatoms. The van der Waals surface area contributed by atoms with Crippen LogP contribution >= 0.6 is 24.0 Å². The van der Waals surface area contributed by atoms with Crippen molar-refractivity contribution < 1.29 is 4.79 Å². The molecule has 0 spiro atoms. The highest BCUT2D eigenvalue weighted by atomic mass is 32.2. The number of pyridine rings is 1. The van der Waals surface area contributed by atoms with Crippen molar-refractivity contribution in [3.63, 3.8) is 0 Å². The quantitative estimate of drug-likeness (QED) is 0.106. The largest absolute Gasteiger partial charge is 0.355 e. The smallest absolute Gasteiger partial charge is 0.270 e. The molecule has 0 unspecified atom stereocenters. The van der Waals surface area contributed by atoms with Gasteiger partial charge in [0.2, 0.25) is 0 Å². The Morgan fingerprint density at radius 1 is 0.911 bits per heavy atom. The second kappa shape index (κ2) is 17.7. The van der Waals surface area contributed by atoms with Crippen molar-refractivity contribution >= 4 is 46.1 Å². The first-order valence-corrected chi connectivity index (χ1v) is 18.1. The van der Waals surface area contributed by atoms with Crippen molar-refractivity contribution in [3.8, 4) is 6.07 Å². The van der Waals surface area contributed by atoms with Gasteiger partial charge in [0.1, 0.15) is 21.8 Å². The number of benzene rings is 1. The maximum absolute atomic E-state index is 13.6. The van der Waals surface area contributed by atoms with Crippen LogP contribution in [-0.2, 0) is 17.9 Å². The summed E-state index contributed by atoms with van der Waals surface area (Å²) in [4.78, 5) is 34.0. The van der Waals surface area contributed by atoms with E-state index in [1.54, 1.807) is 9.47 Å². The lowest BCUT2D eigenvalue weighted by Crippen LogP contribution is -2.48. The predicted octanol–water partition coefficient (Wildman–Crippen LogP) is 7.49. The topological polar surface area (TPSA) is 72.6 Å². The Kier molecular flexibility index (Phi) is 13.7. The highest BCUT2D eigenvalue weighted by Crippen LogP contribution is 2.36. The molecule has 1 aromatic carbocycles. The van der Waals surface area contributed by atoms with Crippen molar-refractivity contribution in [1.82, 2.24) is 14.4 Å². The summed E-state index contributed by atoms with van der Waals surface area (Å²) in [6.45, 7) is 11.2. The summed E-state index contributed by atoms with van der Waals surface area (Å²) in [5.74, 6) is 0.713. The van der Waals surface area contributed by atoms with Gasteiger partial charge in [0.15, 0.2) is 0 Å². The molecule has 0 bridgehead atoms. The standard InChI is InChI=1S/C36H49N5O2S2/c1-4-6-7-8-9-10-11-12-13-17-20-41-35(43)32(45-36(41)44)25-30-28(3)31(26-37)34(42)40(5-2)33(30)39-23-21-38(22-24-39)27-29-18-15-14-16-19-29/h14-16,18-19,25H,4-13,17,20-24,27H2,1-3H3/b32-25-. The third-order valence-electron chi connectivity index (χ3n) is 8.97. The molecular weight excluding hydrogens is 599 g/mol. The molecule has 0 aliphatic carbocycles. The van der Waals surface area contributed by atoms with E-state index < -0.39 is 0 Å². The molecule has 2 saturated heterocycles. The molecule has 0 radical (unpaired) electrons. The zero-order valence-corrected chi connectivity index (χ0v) is 29.0. The number of carbonyl (C=O) groups excluding carboxylic acids is 1. The summed E-state index contributed by atoms with van der Waals surface area (Å²) in [6.07, 6.45) is 14.3. The Morgan fingerprint density at radius 3 is 2.13 bits per heavy atom. The molecule has 0 N–H and O–H groups in total. The summed E-state index contributed by atoms with van der Waals surface area (Å²) in [7, 11) is 0. The molecule has 242 valence electrons. The first-order chi connectivity index (χ1) is 21.9. The molecule has 0 saturated carbocycles. The fourth-order valence-corrected chi connectivity index (χ4v) is 7.61. The van der Waals surface area contributed by atoms with Crippen molar-refractivity contribution in [3.05, 3.63) is 67.8 Å². The van der Waals surface area contributed by atoms with Crippen LogP contribution in [0.25, 0.3) is 6.08 Å². The van der Waals surface area contributed by atoms with Crippen LogP contribution in [0.3, 0.4) is 0 Å². The molecule has 2 fully saturated rings. The monoisotopic (exact) mass is 647 g/mol. The molecule has 1 aromatic heterocycles. The van der Waals surface area contributed by atoms with Gasteiger partial charge in [-0.15, -0.1) is 0 Å². The van der Waals surface area contributed by atoms with Crippen LogP contribution in [0.4, 0.5) is 5.82 Å². The number of aromatic nitrogens is 1. The number of rotatable bonds is 16. The minimum atomic E-state index is -0.273. The van der Waals surface area contributed by atoms with Crippen molar-refractivity contribution in [2.75, 3.05) is 37.6 Å². The maximum Gasteiger partial charge on any atom is 0.270 e.